The van der Waals surface area contributed by atoms with Gasteiger partial charge >= 0.3 is 0 Å². The summed E-state index contributed by atoms with van der Waals surface area (Å²) in [7, 11) is -3.36. The van der Waals surface area contributed by atoms with Crippen molar-refractivity contribution in [1.82, 2.24) is 9.62 Å². The normalized spacial score (nSPS) is 30.1. The number of nitrogens with one attached hydrogen (secondary N) is 1. The summed E-state index contributed by atoms with van der Waals surface area (Å²) < 4.78 is 26.3. The summed E-state index contributed by atoms with van der Waals surface area (Å²) in [6.45, 7) is 2.09. The lowest BCUT2D eigenvalue weighted by atomic mass is 10.00. The van der Waals surface area contributed by atoms with Crippen molar-refractivity contribution in [3.8, 4) is 0 Å². The Labute approximate surface area is 108 Å². The summed E-state index contributed by atoms with van der Waals surface area (Å²) in [5, 5.41) is 0. The van der Waals surface area contributed by atoms with Crippen LogP contribution in [0.5, 0.6) is 0 Å². The molecule has 0 saturated carbocycles. The van der Waals surface area contributed by atoms with Crippen molar-refractivity contribution in [1.29, 1.82) is 0 Å². The second-order valence-electron chi connectivity index (χ2n) is 4.84. The zero-order valence-electron chi connectivity index (χ0n) is 9.76. The van der Waals surface area contributed by atoms with E-state index < -0.39 is 10.0 Å². The molecule has 0 bridgehead atoms. The second kappa shape index (κ2) is 5.17. The van der Waals surface area contributed by atoms with E-state index in [1.807, 2.05) is 0 Å². The lowest BCUT2D eigenvalue weighted by molar-refractivity contribution is 0.186. The van der Waals surface area contributed by atoms with Crippen LogP contribution in [0.3, 0.4) is 0 Å². The fourth-order valence-electron chi connectivity index (χ4n) is 2.84. The van der Waals surface area contributed by atoms with Gasteiger partial charge in [-0.25, -0.2) is 13.1 Å². The van der Waals surface area contributed by atoms with Gasteiger partial charge in [0.25, 0.3) is 0 Å². The smallest absolute Gasteiger partial charge is 0.218 e. The summed E-state index contributed by atoms with van der Waals surface area (Å²) in [6.07, 6.45) is 4.39. The van der Waals surface area contributed by atoms with Crippen molar-refractivity contribution in [3.05, 3.63) is 0 Å². The average Bonchev–Trinajstić information content (AvgIpc) is 2.59. The predicted molar refractivity (Wildman–Crippen MR) is 71.3 cm³/mol. The van der Waals surface area contributed by atoms with Crippen molar-refractivity contribution in [3.63, 3.8) is 0 Å². The molecule has 0 aromatic carbocycles. The molecule has 0 aromatic rings. The first kappa shape index (κ1) is 13.2. The second-order valence-corrected chi connectivity index (χ2v) is 7.12. The van der Waals surface area contributed by atoms with Crippen molar-refractivity contribution in [2.45, 2.75) is 37.8 Å². The molecule has 7 heteroatoms. The average molecular weight is 277 g/mol. The minimum atomic E-state index is -3.36. The summed E-state index contributed by atoms with van der Waals surface area (Å²) in [4.78, 5) is 2.41. The van der Waals surface area contributed by atoms with Crippen LogP contribution in [0.4, 0.5) is 0 Å². The number of nitrogens with two attached hydrogens (primary N) is 1. The molecule has 0 aromatic heterocycles. The largest absolute Gasteiger partial charge is 0.392 e. The fraction of sp³-hybridized carbons (Fsp3) is 0.900. The van der Waals surface area contributed by atoms with Crippen LogP contribution in [0.1, 0.15) is 25.7 Å². The van der Waals surface area contributed by atoms with Crippen molar-refractivity contribution >= 4 is 27.2 Å². The number of piperidine rings is 1. The molecule has 2 heterocycles. The van der Waals surface area contributed by atoms with Gasteiger partial charge in [0.1, 0.15) is 5.75 Å². The van der Waals surface area contributed by atoms with Gasteiger partial charge in [-0.05, 0) is 25.8 Å². The standard InChI is InChI=1S/C10H19N3O2S2/c11-10(16)7-17(14,15)12-8-4-6-13-5-2-1-3-9(8)13/h8-9,12H,1-7H2,(H2,11,16). The maximum absolute atomic E-state index is 11.8. The maximum Gasteiger partial charge on any atom is 0.218 e. The highest BCUT2D eigenvalue weighted by molar-refractivity contribution is 7.92. The van der Waals surface area contributed by atoms with Crippen LogP contribution >= 0.6 is 12.2 Å². The predicted octanol–water partition coefficient (Wildman–Crippen LogP) is -0.181. The lowest BCUT2D eigenvalue weighted by Crippen LogP contribution is -2.48. The van der Waals surface area contributed by atoms with Crippen LogP contribution < -0.4 is 10.5 Å². The molecule has 2 saturated heterocycles. The number of thiocarbonyl (C=S) groups is 1. The van der Waals surface area contributed by atoms with Crippen molar-refractivity contribution in [2.24, 2.45) is 5.73 Å². The van der Waals surface area contributed by atoms with Crippen LogP contribution in [-0.2, 0) is 10.0 Å². The van der Waals surface area contributed by atoms with Gasteiger partial charge < -0.3 is 5.73 Å². The molecule has 0 aliphatic carbocycles. The molecule has 2 atom stereocenters. The van der Waals surface area contributed by atoms with E-state index in [2.05, 4.69) is 21.8 Å². The molecule has 2 unspecified atom stereocenters. The zero-order valence-corrected chi connectivity index (χ0v) is 11.4. The van der Waals surface area contributed by atoms with E-state index >= 15 is 0 Å². The molecule has 5 nitrogen and oxygen atoms in total. The summed E-state index contributed by atoms with van der Waals surface area (Å²) >= 11 is 4.65. The SMILES string of the molecule is NC(=S)CS(=O)(=O)NC1CCN2CCCCC12. The monoisotopic (exact) mass is 277 g/mol. The quantitative estimate of drug-likeness (QED) is 0.697. The molecule has 0 spiro atoms. The highest BCUT2D eigenvalue weighted by atomic mass is 32.2. The van der Waals surface area contributed by atoms with E-state index in [1.165, 1.54) is 12.8 Å². The molecule has 0 amide bonds. The summed E-state index contributed by atoms with van der Waals surface area (Å²) in [5.74, 6) is -0.244. The van der Waals surface area contributed by atoms with Gasteiger partial charge in [-0.1, -0.05) is 18.6 Å². The first-order chi connectivity index (χ1) is 7.98. The van der Waals surface area contributed by atoms with E-state index in [9.17, 15) is 8.42 Å². The number of hydrogen-bond donors (Lipinski definition) is 2. The number of fused-ring (bicyclic) bond motifs is 1. The minimum absolute atomic E-state index is 0.0241. The van der Waals surface area contributed by atoms with Gasteiger partial charge in [0, 0.05) is 18.6 Å². The first-order valence-corrected chi connectivity index (χ1v) is 8.06. The summed E-state index contributed by atoms with van der Waals surface area (Å²) in [5.41, 5.74) is 5.29. The third-order valence-electron chi connectivity index (χ3n) is 3.52. The Morgan fingerprint density at radius 1 is 1.35 bits per heavy atom. The van der Waals surface area contributed by atoms with E-state index in [1.54, 1.807) is 0 Å². The molecule has 0 radical (unpaired) electrons. The van der Waals surface area contributed by atoms with Crippen molar-refractivity contribution in [2.75, 3.05) is 18.8 Å². The maximum atomic E-state index is 11.8. The number of nitrogens with zero attached hydrogens (tertiary/aromatic N) is 1. The molecular weight excluding hydrogens is 258 g/mol. The van der Waals surface area contributed by atoms with E-state index in [4.69, 9.17) is 5.73 Å². The van der Waals surface area contributed by atoms with Gasteiger partial charge in [-0.15, -0.1) is 0 Å². The Hall–Kier alpha value is -0.240. The Balaban J connectivity index is 1.97. The van der Waals surface area contributed by atoms with Gasteiger partial charge in [0.05, 0.1) is 4.99 Å². The lowest BCUT2D eigenvalue weighted by Gasteiger charge is -2.32. The molecular formula is C10H19N3O2S2. The Bertz CT molecular complexity index is 396. The minimum Gasteiger partial charge on any atom is -0.392 e. The van der Waals surface area contributed by atoms with Crippen molar-refractivity contribution < 1.29 is 8.42 Å². The Morgan fingerprint density at radius 2 is 2.12 bits per heavy atom. The van der Waals surface area contributed by atoms with E-state index in [0.717, 1.165) is 25.9 Å². The van der Waals surface area contributed by atoms with Crippen LogP contribution in [0, 0.1) is 0 Å². The van der Waals surface area contributed by atoms with Gasteiger partial charge in [-0.2, -0.15) is 0 Å². The topological polar surface area (TPSA) is 75.4 Å². The van der Waals surface area contributed by atoms with Gasteiger partial charge in [0.2, 0.25) is 10.0 Å². The third kappa shape index (κ3) is 3.37. The van der Waals surface area contributed by atoms with Gasteiger partial charge in [-0.3, -0.25) is 4.90 Å². The highest BCUT2D eigenvalue weighted by Gasteiger charge is 2.37. The van der Waals surface area contributed by atoms with Gasteiger partial charge in [0.15, 0.2) is 0 Å². The van der Waals surface area contributed by atoms with E-state index in [-0.39, 0.29) is 16.8 Å². The number of hydrogen-bond acceptors (Lipinski definition) is 4. The van der Waals surface area contributed by atoms with Crippen LogP contribution in [-0.4, -0.2) is 49.2 Å². The molecule has 17 heavy (non-hydrogen) atoms. The highest BCUT2D eigenvalue weighted by Crippen LogP contribution is 2.27. The third-order valence-corrected chi connectivity index (χ3v) is 5.20. The first-order valence-electron chi connectivity index (χ1n) is 6.00. The van der Waals surface area contributed by atoms with E-state index in [0.29, 0.717) is 6.04 Å². The van der Waals surface area contributed by atoms with Crippen LogP contribution in [0.2, 0.25) is 0 Å². The Kier molecular flexibility index (Phi) is 4.02. The summed E-state index contributed by atoms with van der Waals surface area (Å²) in [6, 6.07) is 0.402. The molecule has 2 aliphatic heterocycles. The number of rotatable bonds is 4. The zero-order chi connectivity index (χ0) is 12.5. The molecule has 98 valence electrons. The molecule has 2 fully saturated rings. The molecule has 2 rings (SSSR count). The van der Waals surface area contributed by atoms with Crippen LogP contribution in [0.25, 0.3) is 0 Å². The molecule has 3 N–H and O–H groups in total. The number of sulfonamides is 1. The Morgan fingerprint density at radius 3 is 2.82 bits per heavy atom. The fourth-order valence-corrected chi connectivity index (χ4v) is 4.50. The van der Waals surface area contributed by atoms with Crippen LogP contribution in [0.15, 0.2) is 0 Å². The molecule has 2 aliphatic rings.